The molecule has 3 rings (SSSR count). The molecule has 0 bridgehead atoms. The fourth-order valence-corrected chi connectivity index (χ4v) is 3.04. The van der Waals surface area contributed by atoms with Crippen LogP contribution in [0.3, 0.4) is 0 Å². The van der Waals surface area contributed by atoms with Gasteiger partial charge in [0.05, 0.1) is 12.2 Å². The molecule has 0 fully saturated rings. The lowest BCUT2D eigenvalue weighted by atomic mass is 10.2. The topological polar surface area (TPSA) is 97.6 Å². The van der Waals surface area contributed by atoms with E-state index in [2.05, 4.69) is 15.5 Å². The molecule has 8 nitrogen and oxygen atoms in total. The van der Waals surface area contributed by atoms with Crippen LogP contribution in [0.25, 0.3) is 11.5 Å². The van der Waals surface area contributed by atoms with Gasteiger partial charge in [-0.3, -0.25) is 9.59 Å². The lowest BCUT2D eigenvalue weighted by Crippen LogP contribution is -2.37. The Morgan fingerprint density at radius 1 is 1.17 bits per heavy atom. The Bertz CT molecular complexity index is 961. The van der Waals surface area contributed by atoms with Crippen molar-refractivity contribution in [2.75, 3.05) is 31.8 Å². The highest BCUT2D eigenvalue weighted by Gasteiger charge is 2.15. The van der Waals surface area contributed by atoms with Crippen LogP contribution in [-0.2, 0) is 9.59 Å². The zero-order chi connectivity index (χ0) is 20.6. The van der Waals surface area contributed by atoms with Crippen LogP contribution < -0.4 is 10.1 Å². The maximum Gasteiger partial charge on any atom is 0.260 e. The van der Waals surface area contributed by atoms with E-state index in [1.165, 1.54) is 23.1 Å². The number of hydrogen-bond donors (Lipinski definition) is 1. The fourth-order valence-electron chi connectivity index (χ4n) is 2.49. The molecule has 0 aliphatic heterocycles. The van der Waals surface area contributed by atoms with Gasteiger partial charge >= 0.3 is 0 Å². The van der Waals surface area contributed by atoms with Crippen molar-refractivity contribution in [2.45, 2.75) is 4.90 Å². The van der Waals surface area contributed by atoms with E-state index >= 15 is 0 Å². The Balaban J connectivity index is 1.48. The molecule has 29 heavy (non-hydrogen) atoms. The molecule has 0 atom stereocenters. The number of nitrogens with zero attached hydrogens (tertiary/aromatic N) is 3. The molecule has 3 aromatic rings. The first-order chi connectivity index (χ1) is 14.1. The van der Waals surface area contributed by atoms with Gasteiger partial charge in [-0.1, -0.05) is 12.1 Å². The van der Waals surface area contributed by atoms with Crippen molar-refractivity contribution in [1.82, 2.24) is 15.1 Å². The Kier molecular flexibility index (Phi) is 6.85. The summed E-state index contributed by atoms with van der Waals surface area (Å²) in [6.07, 6.45) is 3.19. The second kappa shape index (κ2) is 9.74. The number of benzene rings is 2. The lowest BCUT2D eigenvalue weighted by Gasteiger charge is -2.18. The van der Waals surface area contributed by atoms with Crippen molar-refractivity contribution in [1.29, 1.82) is 0 Å². The molecule has 2 amide bonds. The second-order valence-electron chi connectivity index (χ2n) is 6.06. The van der Waals surface area contributed by atoms with Crippen molar-refractivity contribution in [2.24, 2.45) is 0 Å². The Morgan fingerprint density at radius 2 is 1.93 bits per heavy atom. The quantitative estimate of drug-likeness (QED) is 0.568. The minimum Gasteiger partial charge on any atom is -0.484 e. The van der Waals surface area contributed by atoms with Gasteiger partial charge in [0.25, 0.3) is 5.91 Å². The van der Waals surface area contributed by atoms with Gasteiger partial charge in [0.2, 0.25) is 18.2 Å². The van der Waals surface area contributed by atoms with E-state index in [0.29, 0.717) is 11.6 Å². The zero-order valence-electron chi connectivity index (χ0n) is 16.0. The number of amides is 2. The monoisotopic (exact) mass is 412 g/mol. The van der Waals surface area contributed by atoms with Crippen molar-refractivity contribution < 1.29 is 18.7 Å². The molecule has 0 aliphatic carbocycles. The van der Waals surface area contributed by atoms with Crippen molar-refractivity contribution in [3.8, 4) is 17.2 Å². The zero-order valence-corrected chi connectivity index (χ0v) is 16.8. The van der Waals surface area contributed by atoms with E-state index < -0.39 is 0 Å². The highest BCUT2D eigenvalue weighted by Crippen LogP contribution is 2.24. The maximum atomic E-state index is 12.3. The van der Waals surface area contributed by atoms with Gasteiger partial charge < -0.3 is 19.4 Å². The number of carbonyl (C=O) groups excluding carboxylic acids is 2. The second-order valence-corrected chi connectivity index (χ2v) is 6.90. The number of ether oxygens (including phenoxy) is 1. The predicted molar refractivity (Wildman–Crippen MR) is 110 cm³/mol. The fraction of sp³-hybridized carbons (Fsp3) is 0.200. The molecule has 1 heterocycles. The van der Waals surface area contributed by atoms with Crippen LogP contribution in [0.4, 0.5) is 5.69 Å². The summed E-state index contributed by atoms with van der Waals surface area (Å²) in [7, 11) is 1.56. The molecule has 0 saturated carbocycles. The van der Waals surface area contributed by atoms with Crippen LogP contribution in [0.1, 0.15) is 0 Å². The van der Waals surface area contributed by atoms with E-state index in [1.807, 2.05) is 30.5 Å². The van der Waals surface area contributed by atoms with Gasteiger partial charge in [-0.2, -0.15) is 0 Å². The highest BCUT2D eigenvalue weighted by molar-refractivity contribution is 7.98. The highest BCUT2D eigenvalue weighted by atomic mass is 32.2. The molecule has 0 spiro atoms. The molecule has 0 unspecified atom stereocenters. The Morgan fingerprint density at radius 3 is 2.62 bits per heavy atom. The molecular weight excluding hydrogens is 392 g/mol. The van der Waals surface area contributed by atoms with Gasteiger partial charge in [0.15, 0.2) is 6.61 Å². The normalized spacial score (nSPS) is 10.4. The Labute approximate surface area is 172 Å². The van der Waals surface area contributed by atoms with E-state index in [0.717, 1.165) is 16.1 Å². The van der Waals surface area contributed by atoms with Crippen LogP contribution in [0.15, 0.2) is 64.2 Å². The number of thioether (sulfide) groups is 1. The summed E-state index contributed by atoms with van der Waals surface area (Å²) in [5.74, 6) is 0.348. The average molecular weight is 412 g/mol. The summed E-state index contributed by atoms with van der Waals surface area (Å²) in [6, 6.07) is 14.4. The molecule has 1 aromatic heterocycles. The smallest absolute Gasteiger partial charge is 0.260 e. The van der Waals surface area contributed by atoms with Gasteiger partial charge in [-0.05, 0) is 42.7 Å². The standard InChI is InChI=1S/C20H20N4O4S/c1-24(11-18(25)22-16-5-3-4-6-17(16)29-2)19(26)12-27-15-9-7-14(8-10-15)20-23-21-13-28-20/h3-10,13H,11-12H2,1-2H3,(H,22,25). The van der Waals surface area contributed by atoms with Gasteiger partial charge in [0, 0.05) is 17.5 Å². The number of carbonyl (C=O) groups is 2. The molecule has 0 radical (unpaired) electrons. The van der Waals surface area contributed by atoms with Crippen molar-refractivity contribution in [3.63, 3.8) is 0 Å². The van der Waals surface area contributed by atoms with Gasteiger partial charge in [-0.25, -0.2) is 0 Å². The third kappa shape index (κ3) is 5.58. The molecule has 0 saturated heterocycles. The summed E-state index contributed by atoms with van der Waals surface area (Å²) in [5, 5.41) is 10.3. The number of nitrogens with one attached hydrogen (secondary N) is 1. The lowest BCUT2D eigenvalue weighted by molar-refractivity contribution is -0.135. The SMILES string of the molecule is CSc1ccccc1NC(=O)CN(C)C(=O)COc1ccc(-c2nnco2)cc1. The molecule has 9 heteroatoms. The number of aromatic nitrogens is 2. The number of para-hydroxylation sites is 1. The van der Waals surface area contributed by atoms with E-state index in [-0.39, 0.29) is 25.0 Å². The van der Waals surface area contributed by atoms with Crippen LogP contribution in [0, 0.1) is 0 Å². The Hall–Kier alpha value is -3.33. The minimum absolute atomic E-state index is 0.0684. The van der Waals surface area contributed by atoms with Gasteiger partial charge in [-0.15, -0.1) is 22.0 Å². The van der Waals surface area contributed by atoms with Gasteiger partial charge in [0.1, 0.15) is 5.75 Å². The summed E-state index contributed by atoms with van der Waals surface area (Å²) in [6.45, 7) is -0.244. The molecule has 150 valence electrons. The number of likely N-dealkylation sites (N-methyl/N-ethyl adjacent to an activating group) is 1. The van der Waals surface area contributed by atoms with Crippen molar-refractivity contribution >= 4 is 29.3 Å². The summed E-state index contributed by atoms with van der Waals surface area (Å²) >= 11 is 1.54. The largest absolute Gasteiger partial charge is 0.484 e. The van der Waals surface area contributed by atoms with E-state index in [4.69, 9.17) is 9.15 Å². The average Bonchev–Trinajstić information content (AvgIpc) is 3.27. The maximum absolute atomic E-state index is 12.3. The summed E-state index contributed by atoms with van der Waals surface area (Å²) < 4.78 is 10.6. The third-order valence-corrected chi connectivity index (χ3v) is 4.81. The first-order valence-electron chi connectivity index (χ1n) is 8.73. The molecule has 1 N–H and O–H groups in total. The van der Waals surface area contributed by atoms with Crippen LogP contribution >= 0.6 is 11.8 Å². The van der Waals surface area contributed by atoms with Crippen LogP contribution in [0.2, 0.25) is 0 Å². The minimum atomic E-state index is -0.306. The number of rotatable bonds is 8. The third-order valence-electron chi connectivity index (χ3n) is 4.01. The molecular formula is C20H20N4O4S. The molecule has 2 aromatic carbocycles. The van der Waals surface area contributed by atoms with Crippen molar-refractivity contribution in [3.05, 3.63) is 54.9 Å². The van der Waals surface area contributed by atoms with Crippen LogP contribution in [0.5, 0.6) is 5.75 Å². The van der Waals surface area contributed by atoms with E-state index in [9.17, 15) is 9.59 Å². The number of anilines is 1. The summed E-state index contributed by atoms with van der Waals surface area (Å²) in [4.78, 5) is 26.8. The predicted octanol–water partition coefficient (Wildman–Crippen LogP) is 2.93. The molecule has 0 aliphatic rings. The van der Waals surface area contributed by atoms with E-state index in [1.54, 1.807) is 31.3 Å². The first-order valence-corrected chi connectivity index (χ1v) is 9.95. The number of hydrogen-bond acceptors (Lipinski definition) is 7. The van der Waals surface area contributed by atoms with Crippen LogP contribution in [-0.4, -0.2) is 53.4 Å². The first kappa shape index (κ1) is 20.4. The summed E-state index contributed by atoms with van der Waals surface area (Å²) in [5.41, 5.74) is 1.48.